The van der Waals surface area contributed by atoms with Gasteiger partial charge >= 0.3 is 6.09 Å². The third kappa shape index (κ3) is 5.18. The first-order valence-electron chi connectivity index (χ1n) is 11.9. The van der Waals surface area contributed by atoms with Crippen LogP contribution in [0.1, 0.15) is 58.3 Å². The molecule has 4 nitrogen and oxygen atoms in total. The molecule has 1 aromatic rings. The molecular weight excluding hydrogens is 412 g/mol. The van der Waals surface area contributed by atoms with Crippen LogP contribution in [0.25, 0.3) is 0 Å². The van der Waals surface area contributed by atoms with E-state index in [1.807, 2.05) is 24.0 Å². The number of halogens is 1. The van der Waals surface area contributed by atoms with Gasteiger partial charge in [0.15, 0.2) is 0 Å². The summed E-state index contributed by atoms with van der Waals surface area (Å²) < 4.78 is 25.8. The van der Waals surface area contributed by atoms with Crippen LogP contribution < -0.4 is 4.74 Å². The zero-order chi connectivity index (χ0) is 21.6. The SMILES string of the molecule is BC1(CCOc2ccc(SC3CC3)c(F)c2)CC1C1CCN(C(=O)OC2(C)CC2)CC1. The third-order valence-electron chi connectivity index (χ3n) is 7.74. The molecule has 2 unspecified atom stereocenters. The second-order valence-corrected chi connectivity index (χ2v) is 12.0. The number of likely N-dealkylation sites (tertiary alicyclic amines) is 1. The molecular formula is C24H33BFNO3S. The van der Waals surface area contributed by atoms with E-state index in [-0.39, 0.29) is 17.5 Å². The largest absolute Gasteiger partial charge is 0.493 e. The lowest BCUT2D eigenvalue weighted by molar-refractivity contribution is 0.0474. The topological polar surface area (TPSA) is 38.8 Å². The van der Waals surface area contributed by atoms with Crippen molar-refractivity contribution in [2.75, 3.05) is 19.7 Å². The maximum Gasteiger partial charge on any atom is 0.410 e. The van der Waals surface area contributed by atoms with E-state index in [0.29, 0.717) is 34.8 Å². The molecule has 0 spiro atoms. The zero-order valence-corrected chi connectivity index (χ0v) is 19.5. The smallest absolute Gasteiger partial charge is 0.410 e. The molecule has 7 heteroatoms. The normalized spacial score (nSPS) is 29.5. The number of rotatable bonds is 8. The molecule has 1 amide bonds. The van der Waals surface area contributed by atoms with Crippen molar-refractivity contribution in [3.05, 3.63) is 24.0 Å². The molecule has 4 fully saturated rings. The quantitative estimate of drug-likeness (QED) is 0.525. The van der Waals surface area contributed by atoms with E-state index >= 15 is 0 Å². The first-order valence-corrected chi connectivity index (χ1v) is 12.8. The molecule has 3 saturated carbocycles. The van der Waals surface area contributed by atoms with E-state index in [0.717, 1.165) is 50.1 Å². The van der Waals surface area contributed by atoms with Crippen molar-refractivity contribution in [2.45, 2.75) is 79.4 Å². The molecule has 4 aliphatic rings. The lowest BCUT2D eigenvalue weighted by Gasteiger charge is -2.33. The number of benzene rings is 1. The van der Waals surface area contributed by atoms with Crippen molar-refractivity contribution in [3.63, 3.8) is 0 Å². The fourth-order valence-electron chi connectivity index (χ4n) is 4.94. The number of thioether (sulfide) groups is 1. The predicted octanol–water partition coefficient (Wildman–Crippen LogP) is 5.06. The van der Waals surface area contributed by atoms with E-state index in [1.165, 1.54) is 25.3 Å². The van der Waals surface area contributed by atoms with Gasteiger partial charge in [-0.05, 0) is 75.8 Å². The van der Waals surface area contributed by atoms with E-state index < -0.39 is 0 Å². The molecule has 168 valence electrons. The van der Waals surface area contributed by atoms with Gasteiger partial charge in [-0.15, -0.1) is 11.8 Å². The number of hydrogen-bond acceptors (Lipinski definition) is 4. The maximum absolute atomic E-state index is 14.3. The molecule has 1 saturated heterocycles. The Labute approximate surface area is 190 Å². The Morgan fingerprint density at radius 1 is 1.26 bits per heavy atom. The second-order valence-electron chi connectivity index (χ2n) is 10.6. The van der Waals surface area contributed by atoms with Gasteiger partial charge in [-0.25, -0.2) is 9.18 Å². The van der Waals surface area contributed by atoms with Crippen molar-refractivity contribution >= 4 is 25.7 Å². The van der Waals surface area contributed by atoms with E-state index in [4.69, 9.17) is 9.47 Å². The van der Waals surface area contributed by atoms with Crippen LogP contribution in [-0.4, -0.2) is 49.4 Å². The Bertz CT molecular complexity index is 838. The Morgan fingerprint density at radius 2 is 2.00 bits per heavy atom. The number of carbonyl (C=O) groups is 1. The molecule has 5 rings (SSSR count). The first-order chi connectivity index (χ1) is 14.8. The summed E-state index contributed by atoms with van der Waals surface area (Å²) in [6.45, 7) is 4.27. The van der Waals surface area contributed by atoms with Gasteiger partial charge in [-0.3, -0.25) is 0 Å². The fourth-order valence-corrected chi connectivity index (χ4v) is 5.99. The molecule has 0 N–H and O–H groups in total. The van der Waals surface area contributed by atoms with Crippen LogP contribution in [0.15, 0.2) is 23.1 Å². The van der Waals surface area contributed by atoms with Crippen LogP contribution >= 0.6 is 11.8 Å². The van der Waals surface area contributed by atoms with E-state index in [2.05, 4.69) is 7.85 Å². The highest BCUT2D eigenvalue weighted by Gasteiger charge is 2.53. The summed E-state index contributed by atoms with van der Waals surface area (Å²) in [5.74, 6) is 1.87. The Balaban J connectivity index is 1.04. The lowest BCUT2D eigenvalue weighted by atomic mass is 9.74. The lowest BCUT2D eigenvalue weighted by Crippen LogP contribution is -2.41. The number of nitrogens with zero attached hydrogens (tertiary/aromatic N) is 1. The molecule has 1 heterocycles. The third-order valence-corrected chi connectivity index (χ3v) is 9.13. The van der Waals surface area contributed by atoms with Gasteiger partial charge in [0, 0.05) is 29.3 Å². The summed E-state index contributed by atoms with van der Waals surface area (Å²) in [6, 6.07) is 5.29. The molecule has 0 aromatic heterocycles. The Kier molecular flexibility index (Phi) is 5.68. The second kappa shape index (κ2) is 8.20. The summed E-state index contributed by atoms with van der Waals surface area (Å²) in [4.78, 5) is 14.9. The predicted molar refractivity (Wildman–Crippen MR) is 123 cm³/mol. The van der Waals surface area contributed by atoms with Gasteiger partial charge in [0.2, 0.25) is 0 Å². The summed E-state index contributed by atoms with van der Waals surface area (Å²) in [5.41, 5.74) is -0.192. The van der Waals surface area contributed by atoms with E-state index in [1.54, 1.807) is 11.8 Å². The minimum atomic E-state index is -0.192. The zero-order valence-electron chi connectivity index (χ0n) is 18.7. The first kappa shape index (κ1) is 21.5. The summed E-state index contributed by atoms with van der Waals surface area (Å²) >= 11 is 1.64. The number of amides is 1. The maximum atomic E-state index is 14.3. The Morgan fingerprint density at radius 3 is 2.65 bits per heavy atom. The molecule has 1 aliphatic heterocycles. The van der Waals surface area contributed by atoms with Crippen molar-refractivity contribution in [2.24, 2.45) is 11.8 Å². The molecule has 3 aliphatic carbocycles. The van der Waals surface area contributed by atoms with Crippen molar-refractivity contribution < 1.29 is 18.7 Å². The standard InChI is InChI=1S/C24H33BFNO3S/c1-23(8-9-23)30-22(28)27-11-6-16(7-12-27)19-15-24(19,25)10-13-29-17-2-5-21(20(26)14-17)31-18-3-4-18/h2,5,14,16,18-19H,3-4,6-13,15,25H2,1H3. The monoisotopic (exact) mass is 445 g/mol. The van der Waals surface area contributed by atoms with Gasteiger partial charge in [-0.2, -0.15) is 0 Å². The summed E-state index contributed by atoms with van der Waals surface area (Å²) in [7, 11) is 2.35. The van der Waals surface area contributed by atoms with Crippen LogP contribution in [-0.2, 0) is 4.74 Å². The highest BCUT2D eigenvalue weighted by atomic mass is 32.2. The van der Waals surface area contributed by atoms with Crippen molar-refractivity contribution in [3.8, 4) is 5.75 Å². The van der Waals surface area contributed by atoms with Crippen LogP contribution in [0, 0.1) is 17.7 Å². The number of ether oxygens (including phenoxy) is 2. The molecule has 0 bridgehead atoms. The van der Waals surface area contributed by atoms with Gasteiger partial charge < -0.3 is 14.4 Å². The number of carbonyl (C=O) groups excluding carboxylic acids is 1. The van der Waals surface area contributed by atoms with Gasteiger partial charge in [-0.1, -0.05) is 11.7 Å². The number of hydrogen-bond donors (Lipinski definition) is 0. The van der Waals surface area contributed by atoms with Crippen molar-refractivity contribution in [1.82, 2.24) is 4.90 Å². The van der Waals surface area contributed by atoms with Gasteiger partial charge in [0.05, 0.1) is 6.61 Å². The van der Waals surface area contributed by atoms with Gasteiger partial charge in [0.1, 0.15) is 25.0 Å². The molecule has 2 atom stereocenters. The van der Waals surface area contributed by atoms with Crippen LogP contribution in [0.2, 0.25) is 5.31 Å². The highest BCUT2D eigenvalue weighted by molar-refractivity contribution is 8.00. The minimum Gasteiger partial charge on any atom is -0.493 e. The summed E-state index contributed by atoms with van der Waals surface area (Å²) in [5, 5.41) is 0.918. The molecule has 31 heavy (non-hydrogen) atoms. The van der Waals surface area contributed by atoms with Gasteiger partial charge in [0.25, 0.3) is 0 Å². The van der Waals surface area contributed by atoms with Crippen LogP contribution in [0.5, 0.6) is 5.75 Å². The Hall–Kier alpha value is -1.37. The fraction of sp³-hybridized carbons (Fsp3) is 0.708. The van der Waals surface area contributed by atoms with Crippen LogP contribution in [0.3, 0.4) is 0 Å². The highest BCUT2D eigenvalue weighted by Crippen LogP contribution is 2.64. The minimum absolute atomic E-state index is 0.126. The summed E-state index contributed by atoms with van der Waals surface area (Å²) in [6.07, 6.45) is 8.63. The van der Waals surface area contributed by atoms with Crippen molar-refractivity contribution in [1.29, 1.82) is 0 Å². The van der Waals surface area contributed by atoms with E-state index in [9.17, 15) is 9.18 Å². The average Bonchev–Trinajstić information content (AvgIpc) is 3.65. The average molecular weight is 445 g/mol. The van der Waals surface area contributed by atoms with Crippen LogP contribution in [0.4, 0.5) is 9.18 Å². The number of piperidine rings is 1. The molecule has 1 aromatic carbocycles. The molecule has 0 radical (unpaired) electrons.